The largest absolute Gasteiger partial charge is 0.508 e. The van der Waals surface area contributed by atoms with Crippen LogP contribution in [0.2, 0.25) is 0 Å². The fraction of sp³-hybridized carbons (Fsp3) is 0.250. The van der Waals surface area contributed by atoms with Crippen molar-refractivity contribution >= 4 is 52.2 Å². The number of aromatic hydroxyl groups is 1. The maximum Gasteiger partial charge on any atom is 0.305 e. The third kappa shape index (κ3) is 5.57. The SMILES string of the molecule is O=C(O)CCNC(=O)CCN1C(=O)/C(=C/c2ccc(O)cc2)SC1=S. The molecule has 7 nitrogen and oxygen atoms in total. The van der Waals surface area contributed by atoms with Crippen LogP contribution in [0.4, 0.5) is 0 Å². The molecule has 1 heterocycles. The number of hydrogen-bond acceptors (Lipinski definition) is 6. The Morgan fingerprint density at radius 1 is 1.24 bits per heavy atom. The highest BCUT2D eigenvalue weighted by Gasteiger charge is 2.32. The van der Waals surface area contributed by atoms with Crippen molar-refractivity contribution in [1.29, 1.82) is 0 Å². The summed E-state index contributed by atoms with van der Waals surface area (Å²) in [7, 11) is 0. The molecule has 0 bridgehead atoms. The minimum Gasteiger partial charge on any atom is -0.508 e. The van der Waals surface area contributed by atoms with E-state index in [1.54, 1.807) is 18.2 Å². The van der Waals surface area contributed by atoms with Crippen molar-refractivity contribution in [2.24, 2.45) is 0 Å². The Kier molecular flexibility index (Phi) is 6.54. The molecule has 0 unspecified atom stereocenters. The second kappa shape index (κ2) is 8.63. The second-order valence-electron chi connectivity index (χ2n) is 5.17. The molecule has 0 saturated carbocycles. The van der Waals surface area contributed by atoms with E-state index in [0.717, 1.165) is 17.3 Å². The van der Waals surface area contributed by atoms with Gasteiger partial charge in [0.1, 0.15) is 10.1 Å². The van der Waals surface area contributed by atoms with Crippen LogP contribution in [0.25, 0.3) is 6.08 Å². The van der Waals surface area contributed by atoms with Crippen LogP contribution in [0.3, 0.4) is 0 Å². The number of phenols is 1. The average molecular weight is 380 g/mol. The van der Waals surface area contributed by atoms with Crippen LogP contribution < -0.4 is 5.32 Å². The van der Waals surface area contributed by atoms with E-state index in [0.29, 0.717) is 9.23 Å². The van der Waals surface area contributed by atoms with Gasteiger partial charge in [0.25, 0.3) is 5.91 Å². The molecule has 1 aliphatic heterocycles. The number of aliphatic carboxylic acids is 1. The van der Waals surface area contributed by atoms with E-state index < -0.39 is 5.97 Å². The summed E-state index contributed by atoms with van der Waals surface area (Å²) in [4.78, 5) is 36.3. The molecule has 1 saturated heterocycles. The van der Waals surface area contributed by atoms with E-state index in [4.69, 9.17) is 17.3 Å². The summed E-state index contributed by atoms with van der Waals surface area (Å²) in [6.07, 6.45) is 1.56. The molecule has 0 atom stereocenters. The van der Waals surface area contributed by atoms with Gasteiger partial charge in [0, 0.05) is 19.5 Å². The summed E-state index contributed by atoms with van der Waals surface area (Å²) in [5.74, 6) is -1.46. The van der Waals surface area contributed by atoms with Crippen LogP contribution in [0, 0.1) is 0 Å². The third-order valence-electron chi connectivity index (χ3n) is 3.29. The molecule has 1 fully saturated rings. The van der Waals surface area contributed by atoms with Crippen molar-refractivity contribution in [2.75, 3.05) is 13.1 Å². The maximum atomic E-state index is 12.4. The lowest BCUT2D eigenvalue weighted by Crippen LogP contribution is -2.34. The van der Waals surface area contributed by atoms with Crippen LogP contribution in [0.15, 0.2) is 29.2 Å². The number of rotatable bonds is 7. The molecule has 1 aromatic rings. The van der Waals surface area contributed by atoms with Crippen LogP contribution in [0.5, 0.6) is 5.75 Å². The van der Waals surface area contributed by atoms with Gasteiger partial charge in [0.05, 0.1) is 11.3 Å². The van der Waals surface area contributed by atoms with Gasteiger partial charge in [-0.2, -0.15) is 0 Å². The Morgan fingerprint density at radius 3 is 2.56 bits per heavy atom. The highest BCUT2D eigenvalue weighted by Crippen LogP contribution is 2.32. The predicted molar refractivity (Wildman–Crippen MR) is 97.9 cm³/mol. The summed E-state index contributed by atoms with van der Waals surface area (Å²) in [6, 6.07) is 6.40. The van der Waals surface area contributed by atoms with Crippen LogP contribution in [-0.4, -0.2) is 50.3 Å². The molecular weight excluding hydrogens is 364 g/mol. The number of carbonyl (C=O) groups excluding carboxylic acids is 2. The van der Waals surface area contributed by atoms with Gasteiger partial charge >= 0.3 is 5.97 Å². The number of thioether (sulfide) groups is 1. The molecule has 3 N–H and O–H groups in total. The van der Waals surface area contributed by atoms with Crippen molar-refractivity contribution in [3.8, 4) is 5.75 Å². The zero-order chi connectivity index (χ0) is 18.4. The molecule has 2 rings (SSSR count). The molecular formula is C16H16N2O5S2. The zero-order valence-corrected chi connectivity index (χ0v) is 14.7. The van der Waals surface area contributed by atoms with Crippen LogP contribution in [-0.2, 0) is 14.4 Å². The Labute approximate surface area is 153 Å². The number of phenolic OH excluding ortho intramolecular Hbond substituents is 1. The lowest BCUT2D eigenvalue weighted by Gasteiger charge is -2.13. The fourth-order valence-electron chi connectivity index (χ4n) is 2.03. The summed E-state index contributed by atoms with van der Waals surface area (Å²) in [5, 5.41) is 20.3. The number of nitrogens with one attached hydrogen (secondary N) is 1. The maximum absolute atomic E-state index is 12.4. The van der Waals surface area contributed by atoms with E-state index in [1.165, 1.54) is 17.0 Å². The Morgan fingerprint density at radius 2 is 1.92 bits per heavy atom. The topological polar surface area (TPSA) is 107 Å². The first-order valence-corrected chi connectivity index (χ1v) is 8.62. The summed E-state index contributed by atoms with van der Waals surface area (Å²) in [6.45, 7) is 0.184. The Hall–Kier alpha value is -2.39. The van der Waals surface area contributed by atoms with E-state index >= 15 is 0 Å². The Balaban J connectivity index is 1.91. The number of carbonyl (C=O) groups is 3. The molecule has 9 heteroatoms. The summed E-state index contributed by atoms with van der Waals surface area (Å²) in [5.41, 5.74) is 0.754. The van der Waals surface area contributed by atoms with E-state index in [-0.39, 0.29) is 43.5 Å². The molecule has 25 heavy (non-hydrogen) atoms. The molecule has 0 aromatic heterocycles. The van der Waals surface area contributed by atoms with Crippen molar-refractivity contribution in [2.45, 2.75) is 12.8 Å². The number of benzene rings is 1. The van der Waals surface area contributed by atoms with Crippen molar-refractivity contribution in [3.63, 3.8) is 0 Å². The van der Waals surface area contributed by atoms with Gasteiger partial charge in [0.2, 0.25) is 5.91 Å². The van der Waals surface area contributed by atoms with Gasteiger partial charge in [-0.25, -0.2) is 0 Å². The minimum absolute atomic E-state index is 0.0402. The zero-order valence-electron chi connectivity index (χ0n) is 13.1. The van der Waals surface area contributed by atoms with E-state index in [1.807, 2.05) is 0 Å². The standard InChI is InChI=1S/C16H16N2O5S2/c19-11-3-1-10(2-4-11)9-12-15(23)18(16(24)25-12)8-6-13(20)17-7-5-14(21)22/h1-4,9,19H,5-8H2,(H,17,20)(H,21,22)/b12-9-. The number of carboxylic acid groups (broad SMARTS) is 1. The lowest BCUT2D eigenvalue weighted by molar-refractivity contribution is -0.136. The normalized spacial score (nSPS) is 15.7. The summed E-state index contributed by atoms with van der Waals surface area (Å²) >= 11 is 6.33. The van der Waals surface area contributed by atoms with E-state index in [9.17, 15) is 19.5 Å². The first-order valence-electron chi connectivity index (χ1n) is 7.39. The van der Waals surface area contributed by atoms with Gasteiger partial charge in [-0.1, -0.05) is 36.1 Å². The lowest BCUT2D eigenvalue weighted by atomic mass is 10.2. The molecule has 1 aliphatic rings. The highest BCUT2D eigenvalue weighted by molar-refractivity contribution is 8.26. The van der Waals surface area contributed by atoms with Crippen molar-refractivity contribution in [3.05, 3.63) is 34.7 Å². The second-order valence-corrected chi connectivity index (χ2v) is 6.84. The quantitative estimate of drug-likeness (QED) is 0.487. The van der Waals surface area contributed by atoms with Crippen molar-refractivity contribution < 1.29 is 24.6 Å². The molecule has 0 aliphatic carbocycles. The van der Waals surface area contributed by atoms with Gasteiger partial charge in [-0.05, 0) is 23.8 Å². The Bertz CT molecular complexity index is 731. The van der Waals surface area contributed by atoms with Gasteiger partial charge < -0.3 is 15.5 Å². The molecule has 132 valence electrons. The molecule has 2 amide bonds. The van der Waals surface area contributed by atoms with Gasteiger partial charge in [-0.3, -0.25) is 19.3 Å². The van der Waals surface area contributed by atoms with Crippen LogP contribution >= 0.6 is 24.0 Å². The van der Waals surface area contributed by atoms with Crippen LogP contribution in [0.1, 0.15) is 18.4 Å². The first-order chi connectivity index (χ1) is 11.9. The van der Waals surface area contributed by atoms with Gasteiger partial charge in [-0.15, -0.1) is 0 Å². The molecule has 1 aromatic carbocycles. The number of carboxylic acids is 1. The average Bonchev–Trinajstić information content (AvgIpc) is 2.81. The fourth-order valence-corrected chi connectivity index (χ4v) is 3.33. The van der Waals surface area contributed by atoms with Gasteiger partial charge in [0.15, 0.2) is 0 Å². The minimum atomic E-state index is -0.989. The van der Waals surface area contributed by atoms with E-state index in [2.05, 4.69) is 5.32 Å². The predicted octanol–water partition coefficient (Wildman–Crippen LogP) is 1.57. The number of amides is 2. The number of thiocarbonyl (C=S) groups is 1. The molecule has 0 spiro atoms. The summed E-state index contributed by atoms with van der Waals surface area (Å²) < 4.78 is 0.369. The monoisotopic (exact) mass is 380 g/mol. The number of hydrogen-bond donors (Lipinski definition) is 3. The smallest absolute Gasteiger partial charge is 0.305 e. The number of nitrogens with zero attached hydrogens (tertiary/aromatic N) is 1. The highest BCUT2D eigenvalue weighted by atomic mass is 32.2. The molecule has 0 radical (unpaired) electrons. The third-order valence-corrected chi connectivity index (χ3v) is 4.67. The van der Waals surface area contributed by atoms with Crippen molar-refractivity contribution in [1.82, 2.24) is 10.2 Å². The first kappa shape index (κ1) is 18.9.